The molecule has 0 unspecified atom stereocenters. The molecule has 1 aromatic carbocycles. The molecule has 1 aromatic heterocycles. The highest BCUT2D eigenvalue weighted by molar-refractivity contribution is 6.01. The van der Waals surface area contributed by atoms with Gasteiger partial charge in [-0.2, -0.15) is 0 Å². The number of aliphatic hydroxyl groups is 1. The number of amides is 3. The molecular weight excluding hydrogens is 282 g/mol. The van der Waals surface area contributed by atoms with Crippen LogP contribution in [0.2, 0.25) is 0 Å². The summed E-state index contributed by atoms with van der Waals surface area (Å²) in [6.45, 7) is 4.43. The van der Waals surface area contributed by atoms with Crippen LogP contribution in [-0.2, 0) is 11.3 Å². The SMILES string of the molecule is Cc1c(C)n(C[C@H](O)CN2C(=O)CNC2=O)c2ccccc12. The summed E-state index contributed by atoms with van der Waals surface area (Å²) >= 11 is 0. The third-order valence-corrected chi connectivity index (χ3v) is 4.27. The average molecular weight is 301 g/mol. The molecule has 1 aliphatic heterocycles. The smallest absolute Gasteiger partial charge is 0.324 e. The third kappa shape index (κ3) is 2.35. The molecule has 3 rings (SSSR count). The maximum absolute atomic E-state index is 11.6. The van der Waals surface area contributed by atoms with Crippen molar-refractivity contribution in [1.29, 1.82) is 0 Å². The van der Waals surface area contributed by atoms with E-state index in [1.54, 1.807) is 0 Å². The van der Waals surface area contributed by atoms with E-state index in [-0.39, 0.29) is 19.0 Å². The van der Waals surface area contributed by atoms with Crippen molar-refractivity contribution < 1.29 is 14.7 Å². The lowest BCUT2D eigenvalue weighted by atomic mass is 10.2. The molecule has 0 bridgehead atoms. The summed E-state index contributed by atoms with van der Waals surface area (Å²) < 4.78 is 2.04. The van der Waals surface area contributed by atoms with E-state index in [1.807, 2.05) is 29.7 Å². The zero-order valence-electron chi connectivity index (χ0n) is 12.7. The standard InChI is InChI=1S/C16H19N3O3/c1-10-11(2)18(14-6-4-3-5-13(10)14)8-12(20)9-19-15(21)7-17-16(19)22/h3-6,12,20H,7-9H2,1-2H3,(H,17,22)/t12-/m0/s1. The van der Waals surface area contributed by atoms with E-state index in [1.165, 1.54) is 5.56 Å². The zero-order chi connectivity index (χ0) is 15.9. The third-order valence-electron chi connectivity index (χ3n) is 4.27. The largest absolute Gasteiger partial charge is 0.389 e. The lowest BCUT2D eigenvalue weighted by molar-refractivity contribution is -0.126. The van der Waals surface area contributed by atoms with Crippen LogP contribution in [0, 0.1) is 13.8 Å². The van der Waals surface area contributed by atoms with Crippen molar-refractivity contribution in [2.45, 2.75) is 26.5 Å². The van der Waals surface area contributed by atoms with Crippen LogP contribution < -0.4 is 5.32 Å². The van der Waals surface area contributed by atoms with Crippen LogP contribution >= 0.6 is 0 Å². The molecule has 0 spiro atoms. The molecule has 2 heterocycles. The highest BCUT2D eigenvalue weighted by Gasteiger charge is 2.30. The van der Waals surface area contributed by atoms with Gasteiger partial charge in [0.25, 0.3) is 0 Å². The number of nitrogens with zero attached hydrogens (tertiary/aromatic N) is 2. The summed E-state index contributed by atoms with van der Waals surface area (Å²) in [5, 5.41) is 13.9. The van der Waals surface area contributed by atoms with E-state index >= 15 is 0 Å². The number of aromatic nitrogens is 1. The molecule has 116 valence electrons. The second-order valence-corrected chi connectivity index (χ2v) is 5.66. The quantitative estimate of drug-likeness (QED) is 0.833. The minimum atomic E-state index is -0.804. The molecule has 1 saturated heterocycles. The summed E-state index contributed by atoms with van der Waals surface area (Å²) in [4.78, 5) is 24.2. The van der Waals surface area contributed by atoms with Crippen LogP contribution in [0.3, 0.4) is 0 Å². The summed E-state index contributed by atoms with van der Waals surface area (Å²) in [7, 11) is 0. The van der Waals surface area contributed by atoms with Crippen molar-refractivity contribution in [3.05, 3.63) is 35.5 Å². The number of carbonyl (C=O) groups excluding carboxylic acids is 2. The number of hydrogen-bond acceptors (Lipinski definition) is 3. The van der Waals surface area contributed by atoms with Gasteiger partial charge in [0.1, 0.15) is 0 Å². The van der Waals surface area contributed by atoms with E-state index in [0.29, 0.717) is 6.54 Å². The van der Waals surface area contributed by atoms with Gasteiger partial charge in [-0.25, -0.2) is 4.79 Å². The van der Waals surface area contributed by atoms with Gasteiger partial charge < -0.3 is 15.0 Å². The first-order valence-electron chi connectivity index (χ1n) is 7.29. The molecule has 3 amide bonds. The number of hydrogen-bond donors (Lipinski definition) is 2. The number of benzene rings is 1. The van der Waals surface area contributed by atoms with Gasteiger partial charge in [0.2, 0.25) is 5.91 Å². The number of aliphatic hydroxyl groups excluding tert-OH is 1. The molecule has 1 fully saturated rings. The predicted molar refractivity (Wildman–Crippen MR) is 82.5 cm³/mol. The summed E-state index contributed by atoms with van der Waals surface area (Å²) in [6, 6.07) is 7.58. The van der Waals surface area contributed by atoms with Gasteiger partial charge in [0.15, 0.2) is 0 Å². The molecule has 2 aromatic rings. The van der Waals surface area contributed by atoms with Crippen molar-refractivity contribution >= 4 is 22.8 Å². The Morgan fingerprint density at radius 2 is 1.95 bits per heavy atom. The molecule has 1 aliphatic rings. The fraction of sp³-hybridized carbons (Fsp3) is 0.375. The highest BCUT2D eigenvalue weighted by Crippen LogP contribution is 2.25. The molecule has 0 saturated carbocycles. The number of carbonyl (C=O) groups is 2. The van der Waals surface area contributed by atoms with Crippen LogP contribution in [0.15, 0.2) is 24.3 Å². The first-order valence-corrected chi connectivity index (χ1v) is 7.29. The van der Waals surface area contributed by atoms with Crippen molar-refractivity contribution in [2.75, 3.05) is 13.1 Å². The molecule has 6 heteroatoms. The van der Waals surface area contributed by atoms with Gasteiger partial charge in [-0.15, -0.1) is 0 Å². The highest BCUT2D eigenvalue weighted by atomic mass is 16.3. The normalized spacial score (nSPS) is 16.4. The topological polar surface area (TPSA) is 74.6 Å². The number of fused-ring (bicyclic) bond motifs is 1. The predicted octanol–water partition coefficient (Wildman–Crippen LogP) is 1.17. The van der Waals surface area contributed by atoms with Crippen molar-refractivity contribution in [2.24, 2.45) is 0 Å². The lowest BCUT2D eigenvalue weighted by Gasteiger charge is -2.19. The van der Waals surface area contributed by atoms with Crippen molar-refractivity contribution in [1.82, 2.24) is 14.8 Å². The van der Waals surface area contributed by atoms with E-state index in [0.717, 1.165) is 21.5 Å². The number of urea groups is 1. The molecule has 0 aliphatic carbocycles. The van der Waals surface area contributed by atoms with Gasteiger partial charge in [-0.1, -0.05) is 18.2 Å². The fourth-order valence-electron chi connectivity index (χ4n) is 2.96. The zero-order valence-corrected chi connectivity index (χ0v) is 12.7. The number of aryl methyl sites for hydroxylation is 1. The van der Waals surface area contributed by atoms with Crippen molar-refractivity contribution in [3.8, 4) is 0 Å². The number of β-amino-alcohol motifs (C(OH)–C–C–N with tert-alkyl or cyclic N) is 1. The summed E-state index contributed by atoms with van der Waals surface area (Å²) in [6.07, 6.45) is -0.804. The van der Waals surface area contributed by atoms with E-state index < -0.39 is 12.1 Å². The molecule has 22 heavy (non-hydrogen) atoms. The van der Waals surface area contributed by atoms with Gasteiger partial charge >= 0.3 is 6.03 Å². The van der Waals surface area contributed by atoms with Gasteiger partial charge in [-0.3, -0.25) is 9.69 Å². The maximum atomic E-state index is 11.6. The second-order valence-electron chi connectivity index (χ2n) is 5.66. The van der Waals surface area contributed by atoms with Crippen LogP contribution in [0.4, 0.5) is 4.79 Å². The Balaban J connectivity index is 1.83. The maximum Gasteiger partial charge on any atom is 0.324 e. The number of imide groups is 1. The first-order chi connectivity index (χ1) is 10.5. The van der Waals surface area contributed by atoms with Crippen LogP contribution in [0.25, 0.3) is 10.9 Å². The average Bonchev–Trinajstić information content (AvgIpc) is 2.94. The summed E-state index contributed by atoms with van der Waals surface area (Å²) in [5.41, 5.74) is 3.31. The molecular formula is C16H19N3O3. The Labute approximate surface area is 128 Å². The minimum Gasteiger partial charge on any atom is -0.389 e. The number of rotatable bonds is 4. The van der Waals surface area contributed by atoms with Gasteiger partial charge in [-0.05, 0) is 25.5 Å². The van der Waals surface area contributed by atoms with Crippen LogP contribution in [0.1, 0.15) is 11.3 Å². The van der Waals surface area contributed by atoms with Gasteiger partial charge in [0.05, 0.1) is 25.7 Å². The Kier molecular flexibility index (Phi) is 3.62. The Hall–Kier alpha value is -2.34. The minimum absolute atomic E-state index is 0.00958. The molecule has 0 radical (unpaired) electrons. The Morgan fingerprint density at radius 1 is 1.23 bits per heavy atom. The van der Waals surface area contributed by atoms with E-state index in [4.69, 9.17) is 0 Å². The van der Waals surface area contributed by atoms with Crippen LogP contribution in [0.5, 0.6) is 0 Å². The van der Waals surface area contributed by atoms with Crippen LogP contribution in [-0.4, -0.2) is 45.7 Å². The first kappa shape index (κ1) is 14.6. The lowest BCUT2D eigenvalue weighted by Crippen LogP contribution is -2.39. The molecule has 1 atom stereocenters. The van der Waals surface area contributed by atoms with Crippen molar-refractivity contribution in [3.63, 3.8) is 0 Å². The molecule has 6 nitrogen and oxygen atoms in total. The summed E-state index contributed by atoms with van der Waals surface area (Å²) in [5.74, 6) is -0.297. The second kappa shape index (κ2) is 5.46. The van der Waals surface area contributed by atoms with E-state index in [9.17, 15) is 14.7 Å². The fourth-order valence-corrected chi connectivity index (χ4v) is 2.96. The molecule has 2 N–H and O–H groups in total. The Morgan fingerprint density at radius 3 is 2.64 bits per heavy atom. The number of para-hydroxylation sites is 1. The monoisotopic (exact) mass is 301 g/mol. The number of nitrogens with one attached hydrogen (secondary N) is 1. The van der Waals surface area contributed by atoms with E-state index in [2.05, 4.69) is 18.3 Å². The Bertz CT molecular complexity index is 734. The van der Waals surface area contributed by atoms with Gasteiger partial charge in [0, 0.05) is 16.6 Å².